The Bertz CT molecular complexity index is 1260. The van der Waals surface area contributed by atoms with Gasteiger partial charge in [0.2, 0.25) is 0 Å². The molecule has 0 spiro atoms. The summed E-state index contributed by atoms with van der Waals surface area (Å²) in [6.07, 6.45) is 10.1. The van der Waals surface area contributed by atoms with E-state index in [0.717, 1.165) is 65.0 Å². The Morgan fingerprint density at radius 1 is 1.10 bits per heavy atom. The molecule has 2 unspecified atom stereocenters. The largest absolute Gasteiger partial charge is 0.488 e. The number of carboxylic acids is 1. The molecule has 1 aliphatic heterocycles. The molecular formula is C37H52O5. The number of fused-ring (bicyclic) bond motifs is 1. The lowest BCUT2D eigenvalue weighted by Crippen LogP contribution is -2.44. The number of aliphatic hydroxyl groups excluding tert-OH is 1. The highest BCUT2D eigenvalue weighted by atomic mass is 16.5. The second-order valence-electron chi connectivity index (χ2n) is 13.0. The highest BCUT2D eigenvalue weighted by molar-refractivity contribution is 5.71. The highest BCUT2D eigenvalue weighted by Gasteiger charge is 2.41. The van der Waals surface area contributed by atoms with Crippen LogP contribution in [-0.2, 0) is 17.8 Å². The molecule has 0 radical (unpaired) electrons. The van der Waals surface area contributed by atoms with E-state index in [9.17, 15) is 15.0 Å². The fraction of sp³-hybridized carbons (Fsp3) is 0.541. The third-order valence-corrected chi connectivity index (χ3v) is 8.89. The van der Waals surface area contributed by atoms with Gasteiger partial charge < -0.3 is 19.7 Å². The average Bonchev–Trinajstić information content (AvgIpc) is 2.91. The van der Waals surface area contributed by atoms with E-state index in [1.807, 2.05) is 38.1 Å². The predicted octanol–water partition coefficient (Wildman–Crippen LogP) is 8.69. The van der Waals surface area contributed by atoms with Crippen molar-refractivity contribution in [3.63, 3.8) is 0 Å². The standard InChI is InChI=1S/C37H52O5/c1-24(2)14-12-15-25(3)16-13-17-26(4)33(36(39)40)32(38)22-37(8)21-20-31-29(7)34(27(5)28(6)35(31)42-37)41-23-30-18-10-9-11-19-30/h9-11,13-14,17-19,25-26,32-33,38H,12,15-16,20-23H2,1-8H3,(H,39,40)/b17-13+/t25-,26-,32?,33?,37+/m1/s1. The number of benzene rings is 2. The molecule has 2 aromatic carbocycles. The number of rotatable bonds is 14. The monoisotopic (exact) mass is 576 g/mol. The van der Waals surface area contributed by atoms with E-state index in [1.54, 1.807) is 0 Å². The Balaban J connectivity index is 1.69. The van der Waals surface area contributed by atoms with Gasteiger partial charge in [0, 0.05) is 12.0 Å². The molecule has 42 heavy (non-hydrogen) atoms. The van der Waals surface area contributed by atoms with Gasteiger partial charge in [-0.15, -0.1) is 0 Å². The molecule has 5 heteroatoms. The molecular weight excluding hydrogens is 524 g/mol. The molecule has 0 saturated heterocycles. The number of aliphatic hydroxyl groups is 1. The van der Waals surface area contributed by atoms with Gasteiger partial charge in [-0.2, -0.15) is 0 Å². The van der Waals surface area contributed by atoms with Crippen molar-refractivity contribution in [3.8, 4) is 11.5 Å². The Morgan fingerprint density at radius 3 is 2.43 bits per heavy atom. The van der Waals surface area contributed by atoms with E-state index >= 15 is 0 Å². The van der Waals surface area contributed by atoms with Crippen LogP contribution in [0.2, 0.25) is 0 Å². The molecule has 0 aliphatic carbocycles. The molecule has 5 atom stereocenters. The summed E-state index contributed by atoms with van der Waals surface area (Å²) in [7, 11) is 0. The van der Waals surface area contributed by atoms with Crippen LogP contribution in [0.3, 0.4) is 0 Å². The first kappa shape index (κ1) is 33.5. The van der Waals surface area contributed by atoms with Gasteiger partial charge in [-0.25, -0.2) is 0 Å². The molecule has 0 aromatic heterocycles. The first-order valence-corrected chi connectivity index (χ1v) is 15.5. The van der Waals surface area contributed by atoms with Gasteiger partial charge in [0.1, 0.15) is 23.7 Å². The van der Waals surface area contributed by atoms with E-state index < -0.39 is 23.6 Å². The van der Waals surface area contributed by atoms with Crippen LogP contribution in [0.4, 0.5) is 0 Å². The van der Waals surface area contributed by atoms with E-state index in [4.69, 9.17) is 9.47 Å². The van der Waals surface area contributed by atoms with Crippen LogP contribution in [-0.4, -0.2) is 27.9 Å². The molecule has 1 aliphatic rings. The van der Waals surface area contributed by atoms with Crippen molar-refractivity contribution < 1.29 is 24.5 Å². The van der Waals surface area contributed by atoms with Crippen LogP contribution in [0.1, 0.15) is 94.5 Å². The summed E-state index contributed by atoms with van der Waals surface area (Å²) in [5.41, 5.74) is 6.09. The molecule has 2 N–H and O–H groups in total. The summed E-state index contributed by atoms with van der Waals surface area (Å²) in [6, 6.07) is 10.1. The molecule has 0 saturated carbocycles. The normalized spacial score (nSPS) is 19.4. The van der Waals surface area contributed by atoms with Crippen molar-refractivity contribution in [1.82, 2.24) is 0 Å². The lowest BCUT2D eigenvalue weighted by atomic mass is 9.79. The number of ether oxygens (including phenoxy) is 2. The predicted molar refractivity (Wildman–Crippen MR) is 171 cm³/mol. The lowest BCUT2D eigenvalue weighted by Gasteiger charge is -2.40. The summed E-state index contributed by atoms with van der Waals surface area (Å²) < 4.78 is 13.0. The summed E-state index contributed by atoms with van der Waals surface area (Å²) in [6.45, 7) is 17.0. The Morgan fingerprint density at radius 2 is 1.79 bits per heavy atom. The zero-order chi connectivity index (χ0) is 31.0. The summed E-state index contributed by atoms with van der Waals surface area (Å²) in [5.74, 6) is 0.102. The van der Waals surface area contributed by atoms with E-state index in [0.29, 0.717) is 18.9 Å². The number of allylic oxidation sites excluding steroid dienone is 4. The lowest BCUT2D eigenvalue weighted by molar-refractivity contribution is -0.149. The maximum atomic E-state index is 12.3. The number of hydrogen-bond acceptors (Lipinski definition) is 4. The molecule has 5 nitrogen and oxygen atoms in total. The fourth-order valence-corrected chi connectivity index (χ4v) is 6.10. The zero-order valence-electron chi connectivity index (χ0n) is 27.0. The van der Waals surface area contributed by atoms with Crippen molar-refractivity contribution >= 4 is 5.97 Å². The van der Waals surface area contributed by atoms with Crippen LogP contribution in [0.5, 0.6) is 11.5 Å². The van der Waals surface area contributed by atoms with Gasteiger partial charge >= 0.3 is 5.97 Å². The Kier molecular flexibility index (Phi) is 11.9. The van der Waals surface area contributed by atoms with Gasteiger partial charge in [-0.1, -0.05) is 68.0 Å². The maximum absolute atomic E-state index is 12.3. The Labute approximate surface area is 253 Å². The fourth-order valence-electron chi connectivity index (χ4n) is 6.10. The maximum Gasteiger partial charge on any atom is 0.309 e. The second-order valence-corrected chi connectivity index (χ2v) is 13.0. The Hall–Kier alpha value is -3.05. The van der Waals surface area contributed by atoms with Crippen molar-refractivity contribution in [1.29, 1.82) is 0 Å². The van der Waals surface area contributed by atoms with E-state index in [1.165, 1.54) is 5.57 Å². The second kappa shape index (κ2) is 14.9. The highest BCUT2D eigenvalue weighted by Crippen LogP contribution is 2.45. The summed E-state index contributed by atoms with van der Waals surface area (Å²) >= 11 is 0. The van der Waals surface area contributed by atoms with Crippen molar-refractivity contribution in [2.24, 2.45) is 17.8 Å². The topological polar surface area (TPSA) is 76.0 Å². The number of carboxylic acid groups (broad SMARTS) is 1. The van der Waals surface area contributed by atoms with Gasteiger partial charge in [-0.05, 0) is 108 Å². The van der Waals surface area contributed by atoms with Crippen LogP contribution < -0.4 is 9.47 Å². The van der Waals surface area contributed by atoms with Crippen molar-refractivity contribution in [2.75, 3.05) is 0 Å². The van der Waals surface area contributed by atoms with Crippen molar-refractivity contribution in [2.45, 2.75) is 112 Å². The van der Waals surface area contributed by atoms with E-state index in [2.05, 4.69) is 65.8 Å². The minimum atomic E-state index is -1.03. The van der Waals surface area contributed by atoms with Gasteiger partial charge in [-0.3, -0.25) is 4.79 Å². The molecule has 3 rings (SSSR count). The van der Waals surface area contributed by atoms with E-state index in [-0.39, 0.29) is 12.3 Å². The SMILES string of the molecule is CC(C)=CCC[C@@H](C)C/C=C/[C@@H](C)C(C(=O)O)C(O)C[C@]1(C)CCc2c(C)c(OCc3ccccc3)c(C)c(C)c2O1. The first-order chi connectivity index (χ1) is 19.8. The third-order valence-electron chi connectivity index (χ3n) is 8.89. The van der Waals surface area contributed by atoms with Gasteiger partial charge in [0.25, 0.3) is 0 Å². The molecule has 2 aromatic rings. The van der Waals surface area contributed by atoms with Crippen molar-refractivity contribution in [3.05, 3.63) is 82.0 Å². The smallest absolute Gasteiger partial charge is 0.309 e. The minimum absolute atomic E-state index is 0.254. The van der Waals surface area contributed by atoms with Crippen LogP contribution in [0.15, 0.2) is 54.1 Å². The summed E-state index contributed by atoms with van der Waals surface area (Å²) in [5, 5.41) is 21.4. The molecule has 0 amide bonds. The van der Waals surface area contributed by atoms with Crippen LogP contribution in [0, 0.1) is 38.5 Å². The molecule has 230 valence electrons. The number of carbonyl (C=O) groups is 1. The third kappa shape index (κ3) is 8.73. The van der Waals surface area contributed by atoms with Gasteiger partial charge in [0.15, 0.2) is 0 Å². The van der Waals surface area contributed by atoms with Gasteiger partial charge in [0.05, 0.1) is 12.0 Å². The minimum Gasteiger partial charge on any atom is -0.488 e. The zero-order valence-corrected chi connectivity index (χ0v) is 27.0. The summed E-state index contributed by atoms with van der Waals surface area (Å²) in [4.78, 5) is 12.3. The number of aliphatic carboxylic acids is 1. The molecule has 0 fully saturated rings. The molecule has 0 bridgehead atoms. The number of hydrogen-bond donors (Lipinski definition) is 2. The van der Waals surface area contributed by atoms with Crippen LogP contribution in [0.25, 0.3) is 0 Å². The average molecular weight is 577 g/mol. The quantitative estimate of drug-likeness (QED) is 0.220. The molecule has 1 heterocycles. The first-order valence-electron chi connectivity index (χ1n) is 15.5. The van der Waals surface area contributed by atoms with Crippen LogP contribution >= 0.6 is 0 Å².